The summed E-state index contributed by atoms with van der Waals surface area (Å²) in [5.41, 5.74) is -0.261. The Balaban J connectivity index is 0.00000116. The summed E-state index contributed by atoms with van der Waals surface area (Å²) in [6.07, 6.45) is 4.31. The third-order valence-electron chi connectivity index (χ3n) is 3.89. The second-order valence-corrected chi connectivity index (χ2v) is 5.56. The molecule has 2 rings (SSSR count). The summed E-state index contributed by atoms with van der Waals surface area (Å²) in [4.78, 5) is 24.9. The van der Waals surface area contributed by atoms with Crippen LogP contribution in [0.3, 0.4) is 0 Å². The minimum Gasteiger partial charge on any atom is -0.384 e. The monoisotopic (exact) mass is 311 g/mol. The van der Waals surface area contributed by atoms with Crippen molar-refractivity contribution in [1.29, 1.82) is 0 Å². The van der Waals surface area contributed by atoms with Gasteiger partial charge in [-0.3, -0.25) is 9.59 Å². The highest BCUT2D eigenvalue weighted by Gasteiger charge is 2.16. The van der Waals surface area contributed by atoms with E-state index in [1.807, 2.05) is 13.8 Å². The topological polar surface area (TPSA) is 78.3 Å². The van der Waals surface area contributed by atoms with Gasteiger partial charge in [-0.15, -0.1) is 0 Å². The first-order valence-corrected chi connectivity index (χ1v) is 8.26. The molecule has 1 aromatic heterocycles. The predicted octanol–water partition coefficient (Wildman–Crippen LogP) is 1.77. The lowest BCUT2D eigenvalue weighted by Gasteiger charge is -2.28. The summed E-state index contributed by atoms with van der Waals surface area (Å²) < 4.78 is 4.90. The van der Waals surface area contributed by atoms with Crippen LogP contribution in [0.25, 0.3) is 0 Å². The summed E-state index contributed by atoms with van der Waals surface area (Å²) >= 11 is 0. The highest BCUT2D eigenvalue weighted by atomic mass is 16.5. The van der Waals surface area contributed by atoms with Crippen LogP contribution in [-0.2, 0) is 11.2 Å². The SMILES string of the molecule is CC.CN1CCC(CCNC(=O)CCc2cc(=O)[nH]o2)CC1. The van der Waals surface area contributed by atoms with Crippen molar-refractivity contribution in [2.75, 3.05) is 26.7 Å². The number of aromatic amines is 1. The van der Waals surface area contributed by atoms with Crippen LogP contribution in [0.5, 0.6) is 0 Å². The minimum absolute atomic E-state index is 0.0155. The third-order valence-corrected chi connectivity index (χ3v) is 3.89. The molecule has 6 heteroatoms. The number of likely N-dealkylation sites (tertiary alicyclic amines) is 1. The first-order valence-electron chi connectivity index (χ1n) is 8.26. The zero-order chi connectivity index (χ0) is 16.4. The maximum atomic E-state index is 11.7. The van der Waals surface area contributed by atoms with Crippen LogP contribution in [0.15, 0.2) is 15.4 Å². The number of hydrogen-bond acceptors (Lipinski definition) is 4. The van der Waals surface area contributed by atoms with E-state index in [2.05, 4.69) is 22.4 Å². The molecule has 1 fully saturated rings. The van der Waals surface area contributed by atoms with Gasteiger partial charge < -0.3 is 14.7 Å². The number of aryl methyl sites for hydroxylation is 1. The van der Waals surface area contributed by atoms with Gasteiger partial charge in [0.05, 0.1) is 0 Å². The molecule has 0 spiro atoms. The Morgan fingerprint density at radius 2 is 2.09 bits per heavy atom. The lowest BCUT2D eigenvalue weighted by Crippen LogP contribution is -2.32. The molecule has 1 amide bonds. The Labute approximate surface area is 132 Å². The molecular formula is C16H29N3O3. The lowest BCUT2D eigenvalue weighted by molar-refractivity contribution is -0.121. The third kappa shape index (κ3) is 6.93. The van der Waals surface area contributed by atoms with E-state index in [1.54, 1.807) is 0 Å². The van der Waals surface area contributed by atoms with E-state index < -0.39 is 0 Å². The second kappa shape index (κ2) is 10.2. The smallest absolute Gasteiger partial charge is 0.280 e. The molecule has 2 heterocycles. The number of nitrogens with one attached hydrogen (secondary N) is 2. The highest BCUT2D eigenvalue weighted by Crippen LogP contribution is 2.18. The number of hydrogen-bond donors (Lipinski definition) is 2. The molecule has 1 aliphatic heterocycles. The van der Waals surface area contributed by atoms with E-state index in [9.17, 15) is 9.59 Å². The van der Waals surface area contributed by atoms with Crippen LogP contribution in [0.4, 0.5) is 0 Å². The fourth-order valence-corrected chi connectivity index (χ4v) is 2.54. The van der Waals surface area contributed by atoms with Crippen molar-refractivity contribution in [1.82, 2.24) is 15.4 Å². The van der Waals surface area contributed by atoms with Gasteiger partial charge in [-0.2, -0.15) is 5.16 Å². The Kier molecular flexibility index (Phi) is 8.58. The van der Waals surface area contributed by atoms with Gasteiger partial charge in [0.2, 0.25) is 5.91 Å². The van der Waals surface area contributed by atoms with E-state index in [4.69, 9.17) is 4.52 Å². The number of H-pyrrole nitrogens is 1. The average molecular weight is 311 g/mol. The number of carbonyl (C=O) groups is 1. The first kappa shape index (κ1) is 18.5. The Morgan fingerprint density at radius 3 is 2.68 bits per heavy atom. The van der Waals surface area contributed by atoms with Crippen LogP contribution < -0.4 is 10.9 Å². The van der Waals surface area contributed by atoms with Crippen molar-refractivity contribution in [3.05, 3.63) is 22.2 Å². The number of carbonyl (C=O) groups excluding carboxylic acids is 1. The molecule has 126 valence electrons. The van der Waals surface area contributed by atoms with Gasteiger partial charge in [-0.1, -0.05) is 13.8 Å². The summed E-state index contributed by atoms with van der Waals surface area (Å²) in [7, 11) is 2.15. The molecule has 0 unspecified atom stereocenters. The molecule has 0 aromatic carbocycles. The van der Waals surface area contributed by atoms with E-state index in [-0.39, 0.29) is 11.5 Å². The quantitative estimate of drug-likeness (QED) is 0.839. The maximum absolute atomic E-state index is 11.7. The molecule has 2 N–H and O–H groups in total. The van der Waals surface area contributed by atoms with Crippen molar-refractivity contribution < 1.29 is 9.32 Å². The van der Waals surface area contributed by atoms with E-state index in [0.717, 1.165) is 32.0 Å². The van der Waals surface area contributed by atoms with Crippen molar-refractivity contribution >= 4 is 5.91 Å². The van der Waals surface area contributed by atoms with Crippen LogP contribution in [0.2, 0.25) is 0 Å². The lowest BCUT2D eigenvalue weighted by atomic mass is 9.94. The molecule has 0 radical (unpaired) electrons. The van der Waals surface area contributed by atoms with Crippen LogP contribution >= 0.6 is 0 Å². The minimum atomic E-state index is -0.261. The molecule has 6 nitrogen and oxygen atoms in total. The first-order chi connectivity index (χ1) is 10.6. The van der Waals surface area contributed by atoms with Crippen molar-refractivity contribution in [2.24, 2.45) is 5.92 Å². The fourth-order valence-electron chi connectivity index (χ4n) is 2.54. The molecule has 1 saturated heterocycles. The number of nitrogens with zero attached hydrogens (tertiary/aromatic N) is 1. The van der Waals surface area contributed by atoms with E-state index >= 15 is 0 Å². The summed E-state index contributed by atoms with van der Waals surface area (Å²) in [5, 5.41) is 5.15. The van der Waals surface area contributed by atoms with Gasteiger partial charge in [0.15, 0.2) is 0 Å². The van der Waals surface area contributed by atoms with E-state index in [0.29, 0.717) is 18.6 Å². The number of aromatic nitrogens is 1. The standard InChI is InChI=1S/C14H23N3O3.C2H6/c1-17-8-5-11(6-9-17)4-7-15-13(18)3-2-12-10-14(19)16-20-12;1-2/h10-11H,2-9H2,1H3,(H,15,18)(H,16,19);1-2H3. The Morgan fingerprint density at radius 1 is 1.41 bits per heavy atom. The molecule has 1 aliphatic rings. The van der Waals surface area contributed by atoms with Crippen LogP contribution in [0, 0.1) is 5.92 Å². The molecule has 22 heavy (non-hydrogen) atoms. The van der Waals surface area contributed by atoms with Crippen LogP contribution in [0.1, 0.15) is 45.3 Å². The van der Waals surface area contributed by atoms with Gasteiger partial charge >= 0.3 is 0 Å². The number of rotatable bonds is 6. The molecule has 0 atom stereocenters. The zero-order valence-corrected chi connectivity index (χ0v) is 14.0. The average Bonchev–Trinajstić information content (AvgIpc) is 2.95. The van der Waals surface area contributed by atoms with Crippen molar-refractivity contribution in [2.45, 2.75) is 46.0 Å². The van der Waals surface area contributed by atoms with Gasteiger partial charge in [0.25, 0.3) is 5.56 Å². The zero-order valence-electron chi connectivity index (χ0n) is 14.0. The van der Waals surface area contributed by atoms with Gasteiger partial charge in [0.1, 0.15) is 5.76 Å². The predicted molar refractivity (Wildman–Crippen MR) is 86.8 cm³/mol. The van der Waals surface area contributed by atoms with Crippen molar-refractivity contribution in [3.63, 3.8) is 0 Å². The van der Waals surface area contributed by atoms with E-state index in [1.165, 1.54) is 18.9 Å². The summed E-state index contributed by atoms with van der Waals surface area (Å²) in [5.74, 6) is 1.27. The summed E-state index contributed by atoms with van der Waals surface area (Å²) in [6, 6.07) is 1.38. The highest BCUT2D eigenvalue weighted by molar-refractivity contribution is 5.75. The molecule has 0 saturated carbocycles. The number of amides is 1. The Bertz CT molecular complexity index is 473. The largest absolute Gasteiger partial charge is 0.384 e. The fraction of sp³-hybridized carbons (Fsp3) is 0.750. The maximum Gasteiger partial charge on any atom is 0.280 e. The van der Waals surface area contributed by atoms with Crippen LogP contribution in [-0.4, -0.2) is 42.6 Å². The molecule has 1 aromatic rings. The molecular weight excluding hydrogens is 282 g/mol. The van der Waals surface area contributed by atoms with Crippen molar-refractivity contribution in [3.8, 4) is 0 Å². The number of piperidine rings is 1. The molecule has 0 bridgehead atoms. The molecule has 0 aliphatic carbocycles. The Hall–Kier alpha value is -1.56. The second-order valence-electron chi connectivity index (χ2n) is 5.56. The van der Waals surface area contributed by atoms with Gasteiger partial charge in [-0.05, 0) is 45.3 Å². The normalized spacial score (nSPS) is 16.0. The van der Waals surface area contributed by atoms with Gasteiger partial charge in [-0.25, -0.2) is 0 Å². The summed E-state index contributed by atoms with van der Waals surface area (Å²) in [6.45, 7) is 7.06. The van der Waals surface area contributed by atoms with Gasteiger partial charge in [0, 0.05) is 25.5 Å².